The molecule has 630 valence electrons. The molecule has 0 bridgehead atoms. The van der Waals surface area contributed by atoms with Crippen LogP contribution in [0.3, 0.4) is 0 Å². The van der Waals surface area contributed by atoms with E-state index in [1.807, 2.05) is 85.8 Å². The predicted molar refractivity (Wildman–Crippen MR) is 482 cm³/mol. The van der Waals surface area contributed by atoms with Crippen molar-refractivity contribution in [2.24, 2.45) is 0 Å². The second-order valence-corrected chi connectivity index (χ2v) is 29.7. The van der Waals surface area contributed by atoms with Crippen LogP contribution in [-0.2, 0) is 67.3 Å². The highest BCUT2D eigenvalue weighted by molar-refractivity contribution is 9.10. The van der Waals surface area contributed by atoms with Gasteiger partial charge in [-0.15, -0.1) is 0 Å². The molecule has 0 aliphatic heterocycles. The number of nitriles is 6. The number of nitrogens with one attached hydrogen (secondary N) is 6. The van der Waals surface area contributed by atoms with Crippen molar-refractivity contribution in [3.8, 4) is 36.4 Å². The van der Waals surface area contributed by atoms with Crippen LogP contribution in [0.15, 0.2) is 259 Å². The molecule has 6 N–H and O–H groups in total. The van der Waals surface area contributed by atoms with Gasteiger partial charge in [-0.05, 0) is 298 Å². The van der Waals surface area contributed by atoms with Gasteiger partial charge in [-0.3, -0.25) is 33.8 Å². The molecule has 5 amide bonds. The van der Waals surface area contributed by atoms with Crippen LogP contribution in [0.4, 0.5) is 51.7 Å². The summed E-state index contributed by atoms with van der Waals surface area (Å²) in [5.41, 5.74) is 15.9. The Morgan fingerprint density at radius 3 is 1.18 bits per heavy atom. The van der Waals surface area contributed by atoms with Gasteiger partial charge < -0.3 is 31.9 Å². The maximum absolute atomic E-state index is 13.1. The highest BCUT2D eigenvalue weighted by Gasteiger charge is 2.13. The molecule has 12 aromatic rings. The van der Waals surface area contributed by atoms with Crippen LogP contribution in [-0.4, -0.2) is 46.8 Å². The molecule has 1 aromatic heterocycles. The number of hydrogen-bond donors (Lipinski definition) is 6. The molecule has 0 atom stereocenters. The topological polar surface area (TPSA) is 330 Å². The lowest BCUT2D eigenvalue weighted by molar-refractivity contribution is -0.117. The fourth-order valence-corrected chi connectivity index (χ4v) is 12.0. The summed E-state index contributed by atoms with van der Waals surface area (Å²) in [5.74, 6) is -1.68. The summed E-state index contributed by atoms with van der Waals surface area (Å²) >= 11 is 15.2. The monoisotopic (exact) mass is 1780 g/mol. The normalized spacial score (nSPS) is 9.93. The van der Waals surface area contributed by atoms with Gasteiger partial charge in [0.1, 0.15) is 35.4 Å². The van der Waals surface area contributed by atoms with Crippen LogP contribution >= 0.6 is 39.1 Å². The molecule has 12 rings (SSSR count). The Morgan fingerprint density at radius 2 is 0.736 bits per heavy atom. The molecule has 125 heavy (non-hydrogen) atoms. The van der Waals surface area contributed by atoms with E-state index in [1.165, 1.54) is 54.7 Å². The van der Waals surface area contributed by atoms with Gasteiger partial charge in [-0.1, -0.05) is 99.8 Å². The first kappa shape index (κ1) is 97.2. The Bertz CT molecular complexity index is 5850. The smallest absolute Gasteiger partial charge is 0.224 e. The molecule has 1 heterocycles. The molecule has 0 saturated heterocycles. The zero-order chi connectivity index (χ0) is 90.6. The molecule has 0 aliphatic carbocycles. The number of amides is 5. The molecule has 11 aromatic carbocycles. The van der Waals surface area contributed by atoms with Gasteiger partial charge in [-0.2, -0.15) is 31.6 Å². The third kappa shape index (κ3) is 36.1. The molecular weight excluding hydrogens is 1690 g/mol. The lowest BCUT2D eigenvalue weighted by Crippen LogP contribution is -2.16. The van der Waals surface area contributed by atoms with Crippen LogP contribution in [0, 0.1) is 119 Å². The maximum atomic E-state index is 13.1. The van der Waals surface area contributed by atoms with Crippen molar-refractivity contribution in [1.82, 2.24) is 4.98 Å². The first-order valence-electron chi connectivity index (χ1n) is 38.9. The zero-order valence-corrected chi connectivity index (χ0v) is 71.6. The van der Waals surface area contributed by atoms with Crippen molar-refractivity contribution < 1.29 is 46.3 Å². The van der Waals surface area contributed by atoms with E-state index < -0.39 is 0 Å². The summed E-state index contributed by atoms with van der Waals surface area (Å²) in [5, 5.41) is 70.2. The number of Topliss-reactive ketones (excluding diaryl/α,β-unsaturated/α-hetero) is 1. The highest BCUT2D eigenvalue weighted by atomic mass is 79.9. The zero-order valence-electron chi connectivity index (χ0n) is 68.5. The minimum atomic E-state index is -0.317. The van der Waals surface area contributed by atoms with Crippen LogP contribution in [0.5, 0.6) is 0 Å². The van der Waals surface area contributed by atoms with Crippen molar-refractivity contribution in [3.05, 3.63) is 382 Å². The first-order valence-corrected chi connectivity index (χ1v) is 40.4. The number of halogens is 7. The van der Waals surface area contributed by atoms with E-state index in [2.05, 4.69) is 65.0 Å². The molecule has 0 radical (unpaired) electrons. The SMILES string of the molecule is Cc1cc(CCC(=O)Nc2ccc(C#N)c(Cl)c2)ccc1Br.Cc1cc(F)ccc1NC(=O)CCc1ccc(C#N)cc1.Cc1cc(F)ccc1NCC(=O)Cc1ccc(C#N)cc1.Cc1cc(NC(=O)CCc2ccc(C#N)cn2)ccc1F.N#Cc1ccc(NC(=O)CCc2ccc(Cl)cc2)cc1.N#Cc1ccc(NC(=O)CCc2ccc(F)cc2)cc1. The number of carbonyl (C=O) groups excluding carboxylic acids is 6. The number of rotatable bonds is 25. The van der Waals surface area contributed by atoms with Crippen molar-refractivity contribution >= 4 is 109 Å². The first-order chi connectivity index (χ1) is 60.1. The third-order valence-electron chi connectivity index (χ3n) is 18.3. The van der Waals surface area contributed by atoms with E-state index in [4.69, 9.17) is 54.8 Å². The molecule has 0 spiro atoms. The molecule has 26 heteroatoms. The number of benzene rings is 11. The number of anilines is 6. The number of hydrogen-bond acceptors (Lipinski definition) is 14. The van der Waals surface area contributed by atoms with E-state index in [1.54, 1.807) is 166 Å². The Balaban J connectivity index is 0.000000206. The van der Waals surface area contributed by atoms with Gasteiger partial charge in [0, 0.05) is 94.0 Å². The van der Waals surface area contributed by atoms with Gasteiger partial charge >= 0.3 is 0 Å². The molecule has 0 saturated carbocycles. The molecule has 0 aliphatic rings. The van der Waals surface area contributed by atoms with E-state index in [0.717, 1.165) is 54.8 Å². The average molecular weight is 1780 g/mol. The summed E-state index contributed by atoms with van der Waals surface area (Å²) in [6, 6.07) is 80.7. The summed E-state index contributed by atoms with van der Waals surface area (Å²) in [7, 11) is 0. The van der Waals surface area contributed by atoms with Crippen LogP contribution in [0.1, 0.15) is 121 Å². The van der Waals surface area contributed by atoms with Crippen molar-refractivity contribution in [2.75, 3.05) is 38.4 Å². The third-order valence-corrected chi connectivity index (χ3v) is 19.7. The van der Waals surface area contributed by atoms with Gasteiger partial charge in [0.25, 0.3) is 0 Å². The molecule has 19 nitrogen and oxygen atoms in total. The van der Waals surface area contributed by atoms with Crippen LogP contribution in [0.25, 0.3) is 0 Å². The van der Waals surface area contributed by atoms with E-state index >= 15 is 0 Å². The lowest BCUT2D eigenvalue weighted by atomic mass is 10.1. The number of aromatic nitrogens is 1. The van der Waals surface area contributed by atoms with Gasteiger partial charge in [-0.25, -0.2) is 17.6 Å². The molecule has 0 fully saturated rings. The number of carbonyl (C=O) groups is 6. The lowest BCUT2D eigenvalue weighted by Gasteiger charge is -2.09. The van der Waals surface area contributed by atoms with E-state index in [9.17, 15) is 46.3 Å². The van der Waals surface area contributed by atoms with E-state index in [-0.39, 0.29) is 71.6 Å². The van der Waals surface area contributed by atoms with E-state index in [0.29, 0.717) is 147 Å². The minimum Gasteiger partial charge on any atom is -0.378 e. The fourth-order valence-electron chi connectivity index (χ4n) is 11.4. The number of aryl methyl sites for hydroxylation is 9. The molecule has 0 unspecified atom stereocenters. The summed E-state index contributed by atoms with van der Waals surface area (Å²) < 4.78 is 52.9. The van der Waals surface area contributed by atoms with Crippen LogP contribution in [0.2, 0.25) is 10.0 Å². The summed E-state index contributed by atoms with van der Waals surface area (Å²) in [6.07, 6.45) is 6.49. The van der Waals surface area contributed by atoms with Gasteiger partial charge in [0.2, 0.25) is 29.5 Å². The quantitative estimate of drug-likeness (QED) is 0.0290. The number of nitrogens with zero attached hydrogens (tertiary/aromatic N) is 7. The Morgan fingerprint density at radius 1 is 0.352 bits per heavy atom. The van der Waals surface area contributed by atoms with Crippen molar-refractivity contribution in [2.45, 2.75) is 98.3 Å². The van der Waals surface area contributed by atoms with Gasteiger partial charge in [0.15, 0.2) is 5.78 Å². The highest BCUT2D eigenvalue weighted by Crippen LogP contribution is 2.25. The Kier molecular flexibility index (Phi) is 40.2. The van der Waals surface area contributed by atoms with Gasteiger partial charge in [0.05, 0.1) is 69.2 Å². The average Bonchev–Trinajstić information content (AvgIpc) is 0.883. The maximum Gasteiger partial charge on any atom is 0.224 e. The second kappa shape index (κ2) is 51.7. The van der Waals surface area contributed by atoms with Crippen molar-refractivity contribution in [1.29, 1.82) is 31.6 Å². The Labute approximate surface area is 741 Å². The van der Waals surface area contributed by atoms with Crippen molar-refractivity contribution in [3.63, 3.8) is 0 Å². The van der Waals surface area contributed by atoms with Crippen LogP contribution < -0.4 is 31.9 Å². The summed E-state index contributed by atoms with van der Waals surface area (Å²) in [6.45, 7) is 7.39. The minimum absolute atomic E-state index is 0.0310. The number of pyridine rings is 1. The standard InChI is InChI=1S/C17H14BrClN2O.2C17H15FN2O.C16H13ClN2O.C16H14FN3O.C16H13FN2O/c1-11-8-12(2-6-15(11)18)3-7-17(22)21-14-5-4-13(10-20)16(19)9-14;1-12-10-15(18)7-8-16(12)20-17(21)9-6-13-2-4-14(11-19)5-3-13;1-12-8-15(18)6-7-17(12)20-11-16(21)9-13-2-4-14(10-19)5-3-13;17-14-6-1-12(2-7-14)5-10-16(20)19-15-8-3-13(11-18)4-9-15;1-11-8-14(4-6-15(11)17)20-16(21)7-5-13-3-2-12(9-18)10-19-13;17-14-6-1-12(2-7-14)5-10-16(20)19-15-8-3-13(11-18)4-9-15/h2,4-6,8-9H,3,7H2,1H3,(H,21,22);2-5,7-8,10H,6,9H2,1H3,(H,20,21);2-8,20H,9,11H2,1H3;1-4,6-9H,5,10H2,(H,19,20);2-4,6,8,10H,5,7H2,1H3,(H,20,21);1-4,6-9H,5,10H2,(H,19,20). The predicted octanol–water partition coefficient (Wildman–Crippen LogP) is 21.7. The fraction of sp³-hybridized carbons (Fsp3) is 0.162. The second-order valence-electron chi connectivity index (χ2n) is 28.0. The Hall–Kier alpha value is -14.9. The number of ketones is 1. The summed E-state index contributed by atoms with van der Waals surface area (Å²) in [4.78, 5) is 75.3. The largest absolute Gasteiger partial charge is 0.378 e. The molecular formula is C99H84BrCl2F4N13O6.